The van der Waals surface area contributed by atoms with Gasteiger partial charge in [0.25, 0.3) is 0 Å². The van der Waals surface area contributed by atoms with Crippen LogP contribution in [0, 0.1) is 5.92 Å². The minimum absolute atomic E-state index is 0.154. The summed E-state index contributed by atoms with van der Waals surface area (Å²) in [5.41, 5.74) is 7.54. The fraction of sp³-hybridized carbons (Fsp3) is 0.500. The zero-order chi connectivity index (χ0) is 12.5. The zero-order valence-electron chi connectivity index (χ0n) is 10.4. The summed E-state index contributed by atoms with van der Waals surface area (Å²) < 4.78 is 2.95. The SMILES string of the molecule is Nc1ccc2c(c1)sc(=O)n2CC1CCCCC1. The maximum Gasteiger partial charge on any atom is 0.308 e. The van der Waals surface area contributed by atoms with E-state index in [-0.39, 0.29) is 4.87 Å². The fourth-order valence-electron chi connectivity index (χ4n) is 2.88. The number of hydrogen-bond acceptors (Lipinski definition) is 3. The number of hydrogen-bond donors (Lipinski definition) is 1. The zero-order valence-corrected chi connectivity index (χ0v) is 11.2. The molecule has 1 aromatic heterocycles. The first kappa shape index (κ1) is 11.8. The van der Waals surface area contributed by atoms with Crippen molar-refractivity contribution in [3.8, 4) is 0 Å². The van der Waals surface area contributed by atoms with Gasteiger partial charge in [-0.3, -0.25) is 9.36 Å². The highest BCUT2D eigenvalue weighted by molar-refractivity contribution is 7.16. The fourth-order valence-corrected chi connectivity index (χ4v) is 3.83. The molecule has 2 aromatic rings. The van der Waals surface area contributed by atoms with Crippen molar-refractivity contribution in [3.05, 3.63) is 27.9 Å². The Kier molecular flexibility index (Phi) is 3.12. The summed E-state index contributed by atoms with van der Waals surface area (Å²) in [5, 5.41) is 0. The maximum atomic E-state index is 12.1. The predicted molar refractivity (Wildman–Crippen MR) is 77.1 cm³/mol. The van der Waals surface area contributed by atoms with Crippen LogP contribution in [0.5, 0.6) is 0 Å². The first-order valence-electron chi connectivity index (χ1n) is 6.63. The summed E-state index contributed by atoms with van der Waals surface area (Å²) in [6, 6.07) is 5.76. The van der Waals surface area contributed by atoms with Crippen molar-refractivity contribution in [2.45, 2.75) is 38.6 Å². The van der Waals surface area contributed by atoms with Gasteiger partial charge in [-0.05, 0) is 37.0 Å². The van der Waals surface area contributed by atoms with Gasteiger partial charge in [0.1, 0.15) is 0 Å². The van der Waals surface area contributed by atoms with Crippen molar-refractivity contribution >= 4 is 27.2 Å². The third-order valence-corrected chi connectivity index (χ3v) is 4.80. The normalized spacial score (nSPS) is 17.3. The van der Waals surface area contributed by atoms with Gasteiger partial charge in [-0.25, -0.2) is 0 Å². The number of fused-ring (bicyclic) bond motifs is 1. The Morgan fingerprint density at radius 2 is 2.06 bits per heavy atom. The second-order valence-corrected chi connectivity index (χ2v) is 6.20. The van der Waals surface area contributed by atoms with Crippen LogP contribution in [0.3, 0.4) is 0 Å². The van der Waals surface area contributed by atoms with Crippen molar-refractivity contribution in [2.75, 3.05) is 5.73 Å². The summed E-state index contributed by atoms with van der Waals surface area (Å²) in [4.78, 5) is 12.2. The van der Waals surface area contributed by atoms with Crippen molar-refractivity contribution in [1.29, 1.82) is 0 Å². The molecule has 96 valence electrons. The first-order chi connectivity index (χ1) is 8.74. The smallest absolute Gasteiger partial charge is 0.308 e. The molecule has 0 aliphatic heterocycles. The second kappa shape index (κ2) is 4.76. The maximum absolute atomic E-state index is 12.1. The molecule has 2 N–H and O–H groups in total. The molecule has 1 aliphatic rings. The summed E-state index contributed by atoms with van der Waals surface area (Å²) in [6.07, 6.45) is 6.51. The number of nitrogens with zero attached hydrogens (tertiary/aromatic N) is 1. The molecule has 18 heavy (non-hydrogen) atoms. The van der Waals surface area contributed by atoms with Crippen LogP contribution in [0.2, 0.25) is 0 Å². The third-order valence-electron chi connectivity index (χ3n) is 3.86. The van der Waals surface area contributed by atoms with Crippen molar-refractivity contribution in [1.82, 2.24) is 4.57 Å². The summed E-state index contributed by atoms with van der Waals surface area (Å²) >= 11 is 1.31. The van der Waals surface area contributed by atoms with E-state index >= 15 is 0 Å². The molecule has 0 spiro atoms. The molecule has 0 saturated heterocycles. The van der Waals surface area contributed by atoms with Gasteiger partial charge >= 0.3 is 4.87 Å². The Hall–Kier alpha value is -1.29. The molecule has 0 bridgehead atoms. The molecule has 0 radical (unpaired) electrons. The molecule has 4 heteroatoms. The number of thiazole rings is 1. The van der Waals surface area contributed by atoms with E-state index in [0.717, 1.165) is 22.4 Å². The molecule has 0 atom stereocenters. The van der Waals surface area contributed by atoms with Crippen LogP contribution >= 0.6 is 11.3 Å². The lowest BCUT2D eigenvalue weighted by molar-refractivity contribution is 0.321. The van der Waals surface area contributed by atoms with Crippen molar-refractivity contribution in [3.63, 3.8) is 0 Å². The van der Waals surface area contributed by atoms with E-state index in [1.807, 2.05) is 22.8 Å². The van der Waals surface area contributed by atoms with Crippen LogP contribution in [0.25, 0.3) is 10.2 Å². The van der Waals surface area contributed by atoms with E-state index in [9.17, 15) is 4.79 Å². The summed E-state index contributed by atoms with van der Waals surface area (Å²) in [5.74, 6) is 0.673. The van der Waals surface area contributed by atoms with Crippen LogP contribution in [0.15, 0.2) is 23.0 Å². The molecule has 3 nitrogen and oxygen atoms in total. The predicted octanol–water partition coefficient (Wildman–Crippen LogP) is 3.23. The molecule has 1 heterocycles. The Morgan fingerprint density at radius 3 is 2.83 bits per heavy atom. The van der Waals surface area contributed by atoms with Gasteiger partial charge in [0.15, 0.2) is 0 Å². The highest BCUT2D eigenvalue weighted by atomic mass is 32.1. The molecule has 1 aliphatic carbocycles. The molecule has 3 rings (SSSR count). The van der Waals surface area contributed by atoms with Gasteiger partial charge in [0.05, 0.1) is 10.2 Å². The molecular formula is C14H18N2OS. The van der Waals surface area contributed by atoms with Gasteiger partial charge < -0.3 is 5.73 Å². The van der Waals surface area contributed by atoms with E-state index in [2.05, 4.69) is 0 Å². The second-order valence-electron chi connectivity index (χ2n) is 5.21. The lowest BCUT2D eigenvalue weighted by Gasteiger charge is -2.21. The standard InChI is InChI=1S/C14H18N2OS/c15-11-6-7-12-13(8-11)18-14(17)16(12)9-10-4-2-1-3-5-10/h6-8,10H,1-5,9,15H2. The van der Waals surface area contributed by atoms with Crippen molar-refractivity contribution in [2.24, 2.45) is 5.92 Å². The molecular weight excluding hydrogens is 244 g/mol. The Labute approximate surface area is 110 Å². The number of benzene rings is 1. The number of nitrogens with two attached hydrogens (primary N) is 1. The van der Waals surface area contributed by atoms with Gasteiger partial charge in [-0.2, -0.15) is 0 Å². The molecule has 1 fully saturated rings. The lowest BCUT2D eigenvalue weighted by Crippen LogP contribution is -2.20. The summed E-state index contributed by atoms with van der Waals surface area (Å²) in [7, 11) is 0. The third kappa shape index (κ3) is 2.17. The molecule has 0 unspecified atom stereocenters. The number of aromatic nitrogens is 1. The molecule has 1 saturated carbocycles. The first-order valence-corrected chi connectivity index (χ1v) is 7.44. The Balaban J connectivity index is 1.95. The van der Waals surface area contributed by atoms with Gasteiger partial charge in [-0.1, -0.05) is 30.6 Å². The Bertz CT molecular complexity index is 608. The van der Waals surface area contributed by atoms with E-state index < -0.39 is 0 Å². The number of nitrogen functional groups attached to an aromatic ring is 1. The summed E-state index contributed by atoms with van der Waals surface area (Å²) in [6.45, 7) is 0.878. The van der Waals surface area contributed by atoms with Gasteiger partial charge in [-0.15, -0.1) is 0 Å². The minimum Gasteiger partial charge on any atom is -0.399 e. The minimum atomic E-state index is 0.154. The Morgan fingerprint density at radius 1 is 1.28 bits per heavy atom. The molecule has 1 aromatic carbocycles. The highest BCUT2D eigenvalue weighted by Gasteiger charge is 2.16. The van der Waals surface area contributed by atoms with E-state index in [4.69, 9.17) is 5.73 Å². The highest BCUT2D eigenvalue weighted by Crippen LogP contribution is 2.27. The van der Waals surface area contributed by atoms with Crippen LogP contribution in [-0.2, 0) is 6.54 Å². The quantitative estimate of drug-likeness (QED) is 0.845. The van der Waals surface area contributed by atoms with Crippen LogP contribution in [-0.4, -0.2) is 4.57 Å². The largest absolute Gasteiger partial charge is 0.399 e. The van der Waals surface area contributed by atoms with Crippen molar-refractivity contribution < 1.29 is 0 Å². The number of anilines is 1. The van der Waals surface area contributed by atoms with E-state index in [1.165, 1.54) is 43.4 Å². The van der Waals surface area contributed by atoms with Crippen LogP contribution < -0.4 is 10.6 Å². The van der Waals surface area contributed by atoms with E-state index in [0.29, 0.717) is 5.92 Å². The van der Waals surface area contributed by atoms with Gasteiger partial charge in [0, 0.05) is 12.2 Å². The van der Waals surface area contributed by atoms with Crippen LogP contribution in [0.4, 0.5) is 5.69 Å². The molecule has 0 amide bonds. The van der Waals surface area contributed by atoms with E-state index in [1.54, 1.807) is 0 Å². The lowest BCUT2D eigenvalue weighted by atomic mass is 9.89. The average Bonchev–Trinajstić information content (AvgIpc) is 2.66. The van der Waals surface area contributed by atoms with Crippen LogP contribution in [0.1, 0.15) is 32.1 Å². The van der Waals surface area contributed by atoms with Gasteiger partial charge in [0.2, 0.25) is 0 Å². The topological polar surface area (TPSA) is 48.0 Å². The number of rotatable bonds is 2. The monoisotopic (exact) mass is 262 g/mol. The average molecular weight is 262 g/mol.